The first-order valence-electron chi connectivity index (χ1n) is 6.95. The predicted molar refractivity (Wildman–Crippen MR) is 79.9 cm³/mol. The van der Waals surface area contributed by atoms with E-state index in [-0.39, 0.29) is 0 Å². The van der Waals surface area contributed by atoms with Crippen molar-refractivity contribution in [1.82, 2.24) is 0 Å². The smallest absolute Gasteiger partial charge is 0.0142 e. The van der Waals surface area contributed by atoms with Crippen molar-refractivity contribution in [2.24, 2.45) is 17.4 Å². The van der Waals surface area contributed by atoms with Crippen LogP contribution < -0.4 is 11.5 Å². The van der Waals surface area contributed by atoms with Gasteiger partial charge in [-0.1, -0.05) is 48.5 Å². The first kappa shape index (κ1) is 12.4. The zero-order valence-corrected chi connectivity index (χ0v) is 11.0. The Kier molecular flexibility index (Phi) is 3.36. The molecule has 0 heterocycles. The molecule has 0 amide bonds. The Morgan fingerprint density at radius 2 is 1.37 bits per heavy atom. The zero-order chi connectivity index (χ0) is 13.2. The van der Waals surface area contributed by atoms with Gasteiger partial charge in [0.2, 0.25) is 0 Å². The van der Waals surface area contributed by atoms with Gasteiger partial charge >= 0.3 is 0 Å². The molecule has 0 spiro atoms. The van der Waals surface area contributed by atoms with Crippen LogP contribution in [0.15, 0.2) is 48.5 Å². The highest BCUT2D eigenvalue weighted by Crippen LogP contribution is 2.48. The fourth-order valence-corrected chi connectivity index (χ4v) is 3.34. The van der Waals surface area contributed by atoms with Crippen molar-refractivity contribution in [2.75, 3.05) is 13.1 Å². The molecule has 0 aliphatic heterocycles. The summed E-state index contributed by atoms with van der Waals surface area (Å²) >= 11 is 0. The molecular weight excluding hydrogens is 232 g/mol. The summed E-state index contributed by atoms with van der Waals surface area (Å²) in [5.74, 6) is 0.829. The minimum absolute atomic E-state index is 0.404. The lowest BCUT2D eigenvalue weighted by Crippen LogP contribution is -2.24. The van der Waals surface area contributed by atoms with Crippen LogP contribution in [0.4, 0.5) is 0 Å². The fraction of sp³-hybridized carbons (Fsp3) is 0.294. The third kappa shape index (κ3) is 1.97. The third-order valence-corrected chi connectivity index (χ3v) is 4.19. The predicted octanol–water partition coefficient (Wildman–Crippen LogP) is 2.72. The van der Waals surface area contributed by atoms with Crippen molar-refractivity contribution in [3.8, 4) is 11.1 Å². The molecule has 0 saturated heterocycles. The molecule has 1 aliphatic carbocycles. The minimum Gasteiger partial charge on any atom is -0.330 e. The second-order valence-corrected chi connectivity index (χ2v) is 5.23. The van der Waals surface area contributed by atoms with Crippen molar-refractivity contribution in [3.63, 3.8) is 0 Å². The first-order valence-corrected chi connectivity index (χ1v) is 6.95. The van der Waals surface area contributed by atoms with E-state index in [1.54, 1.807) is 0 Å². The lowest BCUT2D eigenvalue weighted by atomic mass is 9.82. The largest absolute Gasteiger partial charge is 0.330 e. The van der Waals surface area contributed by atoms with E-state index in [1.807, 2.05) is 0 Å². The maximum atomic E-state index is 6.00. The van der Waals surface area contributed by atoms with Gasteiger partial charge in [0.05, 0.1) is 0 Å². The average molecular weight is 252 g/mol. The Labute approximate surface area is 114 Å². The van der Waals surface area contributed by atoms with Crippen LogP contribution in [0.1, 0.15) is 23.5 Å². The summed E-state index contributed by atoms with van der Waals surface area (Å²) < 4.78 is 0. The molecule has 2 aromatic rings. The number of fused-ring (bicyclic) bond motifs is 3. The fourth-order valence-electron chi connectivity index (χ4n) is 3.34. The molecular formula is C17H20N2. The van der Waals surface area contributed by atoms with Gasteiger partial charge < -0.3 is 11.5 Å². The highest BCUT2D eigenvalue weighted by Gasteiger charge is 2.32. The van der Waals surface area contributed by atoms with E-state index in [0.717, 1.165) is 6.42 Å². The molecule has 0 bridgehead atoms. The van der Waals surface area contributed by atoms with Gasteiger partial charge in [-0.15, -0.1) is 0 Å². The standard InChI is InChI=1S/C17H20N2/c18-10-9-12(11-19)17-15-7-3-1-5-13(15)14-6-2-4-8-16(14)17/h1-8,12,17H,9-11,18-19H2/t12-/m1/s1. The molecule has 19 heavy (non-hydrogen) atoms. The zero-order valence-electron chi connectivity index (χ0n) is 11.0. The van der Waals surface area contributed by atoms with Crippen molar-refractivity contribution in [1.29, 1.82) is 0 Å². The van der Waals surface area contributed by atoms with E-state index >= 15 is 0 Å². The third-order valence-electron chi connectivity index (χ3n) is 4.19. The van der Waals surface area contributed by atoms with Crippen LogP contribution >= 0.6 is 0 Å². The molecule has 4 N–H and O–H groups in total. The normalized spacial score (nSPS) is 15.1. The van der Waals surface area contributed by atoms with Crippen molar-refractivity contribution >= 4 is 0 Å². The van der Waals surface area contributed by atoms with Crippen molar-refractivity contribution < 1.29 is 0 Å². The molecule has 0 aromatic heterocycles. The van der Waals surface area contributed by atoms with E-state index in [1.165, 1.54) is 22.3 Å². The molecule has 0 saturated carbocycles. The molecule has 0 unspecified atom stereocenters. The van der Waals surface area contributed by atoms with E-state index in [4.69, 9.17) is 11.5 Å². The Bertz CT molecular complexity index is 531. The van der Waals surface area contributed by atoms with Gasteiger partial charge in [-0.05, 0) is 47.7 Å². The van der Waals surface area contributed by atoms with Crippen LogP contribution in [-0.4, -0.2) is 13.1 Å². The van der Waals surface area contributed by atoms with Crippen LogP contribution in [0, 0.1) is 5.92 Å². The second kappa shape index (κ2) is 5.16. The van der Waals surface area contributed by atoms with Crippen LogP contribution in [0.25, 0.3) is 11.1 Å². The van der Waals surface area contributed by atoms with Crippen LogP contribution in [0.3, 0.4) is 0 Å². The van der Waals surface area contributed by atoms with Gasteiger partial charge in [-0.3, -0.25) is 0 Å². The topological polar surface area (TPSA) is 52.0 Å². The lowest BCUT2D eigenvalue weighted by molar-refractivity contribution is 0.455. The first-order chi connectivity index (χ1) is 9.36. The van der Waals surface area contributed by atoms with Crippen LogP contribution in [-0.2, 0) is 0 Å². The molecule has 0 fully saturated rings. The number of benzene rings is 2. The average Bonchev–Trinajstić information content (AvgIpc) is 2.80. The number of hydrogen-bond acceptors (Lipinski definition) is 2. The van der Waals surface area contributed by atoms with Crippen molar-refractivity contribution in [3.05, 3.63) is 59.7 Å². The maximum absolute atomic E-state index is 6.00. The molecule has 3 rings (SSSR count). The summed E-state index contributed by atoms with van der Waals surface area (Å²) in [6.45, 7) is 1.38. The Balaban J connectivity index is 2.14. The molecule has 1 atom stereocenters. The van der Waals surface area contributed by atoms with Gasteiger partial charge in [-0.2, -0.15) is 0 Å². The van der Waals surface area contributed by atoms with E-state index < -0.39 is 0 Å². The van der Waals surface area contributed by atoms with Crippen LogP contribution in [0.5, 0.6) is 0 Å². The van der Waals surface area contributed by atoms with Gasteiger partial charge in [0.15, 0.2) is 0 Å². The number of hydrogen-bond donors (Lipinski definition) is 2. The summed E-state index contributed by atoms with van der Waals surface area (Å²) in [6.07, 6.45) is 0.976. The molecule has 2 heteroatoms. The molecule has 2 nitrogen and oxygen atoms in total. The number of rotatable bonds is 4. The monoisotopic (exact) mass is 252 g/mol. The summed E-state index contributed by atoms with van der Waals surface area (Å²) in [4.78, 5) is 0. The SMILES string of the molecule is NCC[C@H](CN)C1c2ccccc2-c2ccccc21. The minimum atomic E-state index is 0.404. The van der Waals surface area contributed by atoms with Gasteiger partial charge in [0.1, 0.15) is 0 Å². The highest BCUT2D eigenvalue weighted by molar-refractivity contribution is 5.78. The second-order valence-electron chi connectivity index (χ2n) is 5.23. The molecule has 2 aromatic carbocycles. The van der Waals surface area contributed by atoms with Gasteiger partial charge in [-0.25, -0.2) is 0 Å². The summed E-state index contributed by atoms with van der Waals surface area (Å²) in [5.41, 5.74) is 17.3. The van der Waals surface area contributed by atoms with Gasteiger partial charge in [0, 0.05) is 5.92 Å². The Hall–Kier alpha value is -1.64. The molecule has 0 radical (unpaired) electrons. The Morgan fingerprint density at radius 1 is 0.842 bits per heavy atom. The van der Waals surface area contributed by atoms with Crippen LogP contribution in [0.2, 0.25) is 0 Å². The van der Waals surface area contributed by atoms with Crippen molar-refractivity contribution in [2.45, 2.75) is 12.3 Å². The van der Waals surface area contributed by atoms with Gasteiger partial charge in [0.25, 0.3) is 0 Å². The summed E-state index contributed by atoms with van der Waals surface area (Å²) in [6, 6.07) is 17.4. The van der Waals surface area contributed by atoms with E-state index in [0.29, 0.717) is 24.9 Å². The lowest BCUT2D eigenvalue weighted by Gasteiger charge is -2.23. The quantitative estimate of drug-likeness (QED) is 0.879. The summed E-state index contributed by atoms with van der Waals surface area (Å²) in [5, 5.41) is 0. The Morgan fingerprint density at radius 3 is 1.84 bits per heavy atom. The molecule has 1 aliphatic rings. The molecule has 98 valence electrons. The summed E-state index contributed by atoms with van der Waals surface area (Å²) in [7, 11) is 0. The highest BCUT2D eigenvalue weighted by atomic mass is 14.6. The van der Waals surface area contributed by atoms with E-state index in [9.17, 15) is 0 Å². The van der Waals surface area contributed by atoms with E-state index in [2.05, 4.69) is 48.5 Å². The number of nitrogens with two attached hydrogens (primary N) is 2. The maximum Gasteiger partial charge on any atom is 0.0142 e.